The number of halogens is 1. The number of benzene rings is 1. The number of thioether (sulfide) groups is 1. The van der Waals surface area contributed by atoms with Gasteiger partial charge in [-0.25, -0.2) is 10.0 Å². The first-order valence-electron chi connectivity index (χ1n) is 8.81. The molecule has 0 saturated heterocycles. The van der Waals surface area contributed by atoms with Gasteiger partial charge in [-0.1, -0.05) is 47.6 Å². The van der Waals surface area contributed by atoms with Gasteiger partial charge in [-0.2, -0.15) is 5.10 Å². The third kappa shape index (κ3) is 3.60. The minimum Gasteiger partial charge on any atom is -0.264 e. The van der Waals surface area contributed by atoms with E-state index in [0.29, 0.717) is 11.6 Å². The topological polar surface area (TPSA) is 40.9 Å². The van der Waals surface area contributed by atoms with E-state index in [2.05, 4.69) is 18.8 Å². The van der Waals surface area contributed by atoms with Crippen LogP contribution in [0.4, 0.5) is 5.00 Å². The summed E-state index contributed by atoms with van der Waals surface area (Å²) in [5.41, 5.74) is 5.12. The third-order valence-electron chi connectivity index (χ3n) is 4.61. The van der Waals surface area contributed by atoms with Crippen LogP contribution in [0.25, 0.3) is 0 Å². The van der Waals surface area contributed by atoms with Crippen molar-refractivity contribution >= 4 is 50.6 Å². The molecule has 1 aliphatic heterocycles. The van der Waals surface area contributed by atoms with Gasteiger partial charge in [-0.05, 0) is 43.4 Å². The van der Waals surface area contributed by atoms with E-state index in [4.69, 9.17) is 21.7 Å². The first-order valence-corrected chi connectivity index (χ1v) is 11.2. The van der Waals surface area contributed by atoms with E-state index in [-0.39, 0.29) is 0 Å². The van der Waals surface area contributed by atoms with Gasteiger partial charge in [0.05, 0.1) is 11.6 Å². The standard InChI is InChI=1S/C21H19ClN4S2/c1-13-14(2)28-20-18(13)19(16-8-4-5-9-17(16)22)25-26(21(24-20)27-3)12-15-7-6-10-23-11-15/h4-11H,12H2,1-3H3. The van der Waals surface area contributed by atoms with E-state index in [1.54, 1.807) is 29.3 Å². The van der Waals surface area contributed by atoms with Crippen molar-refractivity contribution in [2.24, 2.45) is 10.1 Å². The van der Waals surface area contributed by atoms with Gasteiger partial charge < -0.3 is 0 Å². The van der Waals surface area contributed by atoms with Gasteiger partial charge in [0.1, 0.15) is 10.7 Å². The Morgan fingerprint density at radius 1 is 1.14 bits per heavy atom. The molecule has 1 aliphatic rings. The van der Waals surface area contributed by atoms with Crippen molar-refractivity contribution in [3.63, 3.8) is 0 Å². The number of aryl methyl sites for hydroxylation is 1. The predicted octanol–water partition coefficient (Wildman–Crippen LogP) is 6.03. The molecule has 28 heavy (non-hydrogen) atoms. The Hall–Kier alpha value is -2.15. The lowest BCUT2D eigenvalue weighted by atomic mass is 10.00. The van der Waals surface area contributed by atoms with Crippen molar-refractivity contribution in [3.8, 4) is 0 Å². The highest BCUT2D eigenvalue weighted by molar-refractivity contribution is 8.13. The molecule has 0 radical (unpaired) electrons. The second-order valence-electron chi connectivity index (χ2n) is 6.41. The van der Waals surface area contributed by atoms with Crippen LogP contribution >= 0.6 is 34.7 Å². The van der Waals surface area contributed by atoms with Crippen LogP contribution in [0.2, 0.25) is 5.02 Å². The molecule has 3 aromatic rings. The highest BCUT2D eigenvalue weighted by atomic mass is 35.5. The van der Waals surface area contributed by atoms with Crippen LogP contribution < -0.4 is 0 Å². The number of hydrogen-bond acceptors (Lipinski definition) is 6. The zero-order valence-corrected chi connectivity index (χ0v) is 18.2. The molecular formula is C21H19ClN4S2. The lowest BCUT2D eigenvalue weighted by Crippen LogP contribution is -2.24. The number of amidine groups is 1. The number of fused-ring (bicyclic) bond motifs is 1. The number of hydrazone groups is 1. The molecule has 4 rings (SSSR count). The van der Waals surface area contributed by atoms with E-state index in [1.807, 2.05) is 53.9 Å². The average molecular weight is 427 g/mol. The molecule has 3 heterocycles. The molecule has 7 heteroatoms. The highest BCUT2D eigenvalue weighted by Crippen LogP contribution is 2.40. The summed E-state index contributed by atoms with van der Waals surface area (Å²) in [5, 5.41) is 9.53. The number of aromatic nitrogens is 1. The zero-order chi connectivity index (χ0) is 19.7. The van der Waals surface area contributed by atoms with Crippen LogP contribution in [0.15, 0.2) is 58.9 Å². The molecule has 0 fully saturated rings. The molecule has 0 saturated carbocycles. The van der Waals surface area contributed by atoms with Gasteiger partial charge >= 0.3 is 0 Å². The Kier molecular flexibility index (Phi) is 5.53. The van der Waals surface area contributed by atoms with Gasteiger partial charge in [0, 0.05) is 28.4 Å². The maximum atomic E-state index is 6.57. The van der Waals surface area contributed by atoms with E-state index in [1.165, 1.54) is 10.4 Å². The summed E-state index contributed by atoms with van der Waals surface area (Å²) in [6, 6.07) is 11.8. The van der Waals surface area contributed by atoms with Crippen molar-refractivity contribution in [1.29, 1.82) is 0 Å². The predicted molar refractivity (Wildman–Crippen MR) is 121 cm³/mol. The molecule has 2 aromatic heterocycles. The van der Waals surface area contributed by atoms with E-state index in [9.17, 15) is 0 Å². The SMILES string of the molecule is CSC1=Nc2sc(C)c(C)c2C(c2ccccc2Cl)=NN1Cc1cccnc1. The maximum Gasteiger partial charge on any atom is 0.185 e. The van der Waals surface area contributed by atoms with Gasteiger partial charge in [0.15, 0.2) is 5.17 Å². The first-order chi connectivity index (χ1) is 13.6. The highest BCUT2D eigenvalue weighted by Gasteiger charge is 2.26. The van der Waals surface area contributed by atoms with Gasteiger partial charge in [-0.3, -0.25) is 4.98 Å². The Balaban J connectivity index is 1.91. The third-order valence-corrected chi connectivity index (χ3v) is 6.71. The van der Waals surface area contributed by atoms with Crippen LogP contribution in [-0.2, 0) is 6.54 Å². The van der Waals surface area contributed by atoms with Crippen LogP contribution in [0, 0.1) is 13.8 Å². The smallest absolute Gasteiger partial charge is 0.185 e. The maximum absolute atomic E-state index is 6.57. The Morgan fingerprint density at radius 2 is 1.96 bits per heavy atom. The van der Waals surface area contributed by atoms with E-state index in [0.717, 1.165) is 32.6 Å². The first kappa shape index (κ1) is 19.2. The number of thiophene rings is 1. The Morgan fingerprint density at radius 3 is 2.68 bits per heavy atom. The van der Waals surface area contributed by atoms with Crippen molar-refractivity contribution in [2.45, 2.75) is 20.4 Å². The number of pyridine rings is 1. The number of aliphatic imine (C=N–C) groups is 1. The second-order valence-corrected chi connectivity index (χ2v) is 8.79. The molecule has 0 bridgehead atoms. The Bertz CT molecular complexity index is 1070. The van der Waals surface area contributed by atoms with Crippen LogP contribution in [0.5, 0.6) is 0 Å². The molecule has 0 aliphatic carbocycles. The lowest BCUT2D eigenvalue weighted by Gasteiger charge is -2.20. The Labute approximate surface area is 178 Å². The van der Waals surface area contributed by atoms with Crippen LogP contribution in [0.3, 0.4) is 0 Å². The van der Waals surface area contributed by atoms with Crippen molar-refractivity contribution in [3.05, 3.63) is 80.9 Å². The van der Waals surface area contributed by atoms with Crippen molar-refractivity contribution < 1.29 is 0 Å². The monoisotopic (exact) mass is 426 g/mol. The normalized spacial score (nSPS) is 13.6. The van der Waals surface area contributed by atoms with Crippen LogP contribution in [-0.4, -0.2) is 27.1 Å². The largest absolute Gasteiger partial charge is 0.264 e. The van der Waals surface area contributed by atoms with Crippen molar-refractivity contribution in [2.75, 3.05) is 6.26 Å². The van der Waals surface area contributed by atoms with Gasteiger partial charge in [0.25, 0.3) is 0 Å². The molecule has 0 N–H and O–H groups in total. The summed E-state index contributed by atoms with van der Waals surface area (Å²) in [6.07, 6.45) is 5.66. The summed E-state index contributed by atoms with van der Waals surface area (Å²) in [4.78, 5) is 10.4. The van der Waals surface area contributed by atoms with Gasteiger partial charge in [0.2, 0.25) is 0 Å². The molecular weight excluding hydrogens is 408 g/mol. The second kappa shape index (κ2) is 8.07. The summed E-state index contributed by atoms with van der Waals surface area (Å²) in [7, 11) is 0. The summed E-state index contributed by atoms with van der Waals surface area (Å²) in [6.45, 7) is 4.84. The minimum absolute atomic E-state index is 0.592. The summed E-state index contributed by atoms with van der Waals surface area (Å²) < 4.78 is 0. The fourth-order valence-electron chi connectivity index (χ4n) is 3.09. The average Bonchev–Trinajstić information content (AvgIpc) is 2.89. The fourth-order valence-corrected chi connectivity index (χ4v) is 4.90. The number of hydrogen-bond donors (Lipinski definition) is 0. The summed E-state index contributed by atoms with van der Waals surface area (Å²) in [5.74, 6) is 0. The van der Waals surface area contributed by atoms with Crippen molar-refractivity contribution in [1.82, 2.24) is 9.99 Å². The molecule has 0 unspecified atom stereocenters. The van der Waals surface area contributed by atoms with Gasteiger partial charge in [-0.15, -0.1) is 11.3 Å². The molecule has 1 aromatic carbocycles. The molecule has 0 atom stereocenters. The lowest BCUT2D eigenvalue weighted by molar-refractivity contribution is 0.449. The molecule has 0 amide bonds. The zero-order valence-electron chi connectivity index (χ0n) is 15.8. The number of nitrogens with zero attached hydrogens (tertiary/aromatic N) is 4. The number of rotatable bonds is 3. The fraction of sp³-hybridized carbons (Fsp3) is 0.190. The van der Waals surface area contributed by atoms with E-state index >= 15 is 0 Å². The van der Waals surface area contributed by atoms with Crippen LogP contribution in [0.1, 0.15) is 27.1 Å². The summed E-state index contributed by atoms with van der Waals surface area (Å²) >= 11 is 9.85. The minimum atomic E-state index is 0.592. The molecule has 0 spiro atoms. The molecule has 142 valence electrons. The van der Waals surface area contributed by atoms with E-state index < -0.39 is 0 Å². The quantitative estimate of drug-likeness (QED) is 0.513. The molecule has 4 nitrogen and oxygen atoms in total.